The first kappa shape index (κ1) is 21.4. The Hall–Kier alpha value is -3.32. The highest BCUT2D eigenvalue weighted by Crippen LogP contribution is 2.31. The molecule has 3 rings (SSSR count). The molecule has 0 fully saturated rings. The minimum atomic E-state index is -1.31. The maximum absolute atomic E-state index is 14.7. The Kier molecular flexibility index (Phi) is 6.42. The molecule has 3 aromatic carbocycles. The maximum Gasteiger partial charge on any atom is 0.166 e. The fourth-order valence-corrected chi connectivity index (χ4v) is 2.95. The Bertz CT molecular complexity index is 1150. The fraction of sp³-hybridized carbons (Fsp3) is 0.154. The predicted molar refractivity (Wildman–Crippen MR) is 113 cm³/mol. The van der Waals surface area contributed by atoms with Gasteiger partial charge in [-0.2, -0.15) is 0 Å². The van der Waals surface area contributed by atoms with Gasteiger partial charge in [0.1, 0.15) is 11.6 Å². The topological polar surface area (TPSA) is 0 Å². The first-order chi connectivity index (χ1) is 14.3. The molecular weight excluding hydrogens is 388 g/mol. The van der Waals surface area contributed by atoms with E-state index in [-0.39, 0.29) is 11.1 Å². The average Bonchev–Trinajstić information content (AvgIpc) is 2.75. The van der Waals surface area contributed by atoms with Gasteiger partial charge in [0.05, 0.1) is 0 Å². The van der Waals surface area contributed by atoms with Crippen LogP contribution in [0.2, 0.25) is 0 Å². The van der Waals surface area contributed by atoms with Crippen LogP contribution < -0.4 is 0 Å². The van der Waals surface area contributed by atoms with Crippen LogP contribution in [-0.4, -0.2) is 0 Å². The van der Waals surface area contributed by atoms with Crippen molar-refractivity contribution in [1.82, 2.24) is 0 Å². The lowest BCUT2D eigenvalue weighted by atomic mass is 10.00. The summed E-state index contributed by atoms with van der Waals surface area (Å²) in [6, 6.07) is 13.9. The smallest absolute Gasteiger partial charge is 0.166 e. The lowest BCUT2D eigenvalue weighted by Crippen LogP contribution is -1.94. The Morgan fingerprint density at radius 3 is 1.97 bits per heavy atom. The van der Waals surface area contributed by atoms with Gasteiger partial charge in [-0.1, -0.05) is 42.5 Å². The van der Waals surface area contributed by atoms with Crippen molar-refractivity contribution in [3.63, 3.8) is 0 Å². The van der Waals surface area contributed by atoms with Gasteiger partial charge in [0, 0.05) is 27.8 Å². The molecule has 0 nitrogen and oxygen atoms in total. The van der Waals surface area contributed by atoms with Gasteiger partial charge in [0.25, 0.3) is 0 Å². The number of rotatable bonds is 3. The van der Waals surface area contributed by atoms with E-state index in [2.05, 4.69) is 11.8 Å². The molecule has 0 aromatic heterocycles. The highest BCUT2D eigenvalue weighted by atomic mass is 19.2. The molecule has 0 aliphatic rings. The summed E-state index contributed by atoms with van der Waals surface area (Å²) in [5.41, 5.74) is 2.72. The van der Waals surface area contributed by atoms with Crippen molar-refractivity contribution in [3.8, 4) is 11.8 Å². The first-order valence-corrected chi connectivity index (χ1v) is 9.53. The summed E-state index contributed by atoms with van der Waals surface area (Å²) in [4.78, 5) is 0. The normalized spacial score (nSPS) is 11.6. The van der Waals surface area contributed by atoms with Crippen LogP contribution in [0.4, 0.5) is 17.6 Å². The van der Waals surface area contributed by atoms with Gasteiger partial charge in [-0.15, -0.1) is 0 Å². The minimum Gasteiger partial charge on any atom is -0.207 e. The van der Waals surface area contributed by atoms with Crippen LogP contribution >= 0.6 is 0 Å². The first-order valence-electron chi connectivity index (χ1n) is 9.53. The number of benzene rings is 3. The van der Waals surface area contributed by atoms with E-state index >= 15 is 0 Å². The monoisotopic (exact) mass is 408 g/mol. The second-order valence-electron chi connectivity index (χ2n) is 7.03. The lowest BCUT2D eigenvalue weighted by Gasteiger charge is -2.08. The van der Waals surface area contributed by atoms with Crippen LogP contribution in [0, 0.1) is 37.3 Å². The second kappa shape index (κ2) is 9.00. The van der Waals surface area contributed by atoms with E-state index in [1.165, 1.54) is 19.1 Å². The molecule has 30 heavy (non-hydrogen) atoms. The molecule has 0 radical (unpaired) electrons. The predicted octanol–water partition coefficient (Wildman–Crippen LogP) is 7.31. The summed E-state index contributed by atoms with van der Waals surface area (Å²) in [5, 5.41) is 0. The van der Waals surface area contributed by atoms with E-state index in [0.29, 0.717) is 12.0 Å². The third kappa shape index (κ3) is 4.63. The molecule has 0 unspecified atom stereocenters. The Morgan fingerprint density at radius 2 is 1.37 bits per heavy atom. The molecule has 4 heteroatoms. The summed E-state index contributed by atoms with van der Waals surface area (Å²) < 4.78 is 56.8. The molecule has 0 atom stereocenters. The lowest BCUT2D eigenvalue weighted by molar-refractivity contribution is 0.565. The summed E-state index contributed by atoms with van der Waals surface area (Å²) in [5.74, 6) is 1.79. The van der Waals surface area contributed by atoms with Crippen molar-refractivity contribution in [2.45, 2.75) is 27.2 Å². The number of halogens is 4. The quantitative estimate of drug-likeness (QED) is 0.242. The molecule has 0 saturated carbocycles. The van der Waals surface area contributed by atoms with Gasteiger partial charge >= 0.3 is 0 Å². The summed E-state index contributed by atoms with van der Waals surface area (Å²) >= 11 is 0. The van der Waals surface area contributed by atoms with Crippen molar-refractivity contribution in [1.29, 1.82) is 0 Å². The molecule has 0 spiro atoms. The Labute approximate surface area is 173 Å². The van der Waals surface area contributed by atoms with Crippen molar-refractivity contribution < 1.29 is 17.6 Å². The van der Waals surface area contributed by atoms with Crippen LogP contribution in [0.3, 0.4) is 0 Å². The molecule has 0 aliphatic heterocycles. The largest absolute Gasteiger partial charge is 0.207 e. The van der Waals surface area contributed by atoms with Gasteiger partial charge in [0.15, 0.2) is 11.7 Å². The van der Waals surface area contributed by atoms with Gasteiger partial charge in [0.2, 0.25) is 0 Å². The van der Waals surface area contributed by atoms with E-state index in [4.69, 9.17) is 0 Å². The molecule has 152 valence electrons. The molecule has 0 saturated heterocycles. The SMILES string of the molecule is CCc1cc(/C(F)=C(\F)c2cc(F)c(C)c(F)c2)ccc1C#Cc1ccc(C)cc1. The van der Waals surface area contributed by atoms with Gasteiger partial charge in [-0.3, -0.25) is 0 Å². The van der Waals surface area contributed by atoms with Crippen LogP contribution in [0.15, 0.2) is 54.6 Å². The summed E-state index contributed by atoms with van der Waals surface area (Å²) in [7, 11) is 0. The summed E-state index contributed by atoms with van der Waals surface area (Å²) in [6.45, 7) is 5.11. The number of hydrogen-bond acceptors (Lipinski definition) is 0. The molecule has 0 aliphatic carbocycles. The van der Waals surface area contributed by atoms with Crippen molar-refractivity contribution in [2.75, 3.05) is 0 Å². The Morgan fingerprint density at radius 1 is 0.767 bits per heavy atom. The van der Waals surface area contributed by atoms with Crippen molar-refractivity contribution in [2.24, 2.45) is 0 Å². The van der Waals surface area contributed by atoms with Crippen molar-refractivity contribution >= 4 is 11.7 Å². The zero-order valence-corrected chi connectivity index (χ0v) is 16.9. The third-order valence-electron chi connectivity index (χ3n) is 4.86. The summed E-state index contributed by atoms with van der Waals surface area (Å²) in [6.07, 6.45) is 0.564. The molecule has 0 heterocycles. The zero-order chi connectivity index (χ0) is 21.8. The maximum atomic E-state index is 14.7. The minimum absolute atomic E-state index is 0.00775. The van der Waals surface area contributed by atoms with Crippen LogP contribution in [0.1, 0.15) is 45.9 Å². The Balaban J connectivity index is 1.97. The van der Waals surface area contributed by atoms with E-state index in [0.717, 1.165) is 28.8 Å². The van der Waals surface area contributed by atoms with Crippen LogP contribution in [0.5, 0.6) is 0 Å². The highest BCUT2D eigenvalue weighted by Gasteiger charge is 2.16. The van der Waals surface area contributed by atoms with E-state index in [9.17, 15) is 17.6 Å². The molecule has 3 aromatic rings. The fourth-order valence-electron chi connectivity index (χ4n) is 2.95. The second-order valence-corrected chi connectivity index (χ2v) is 7.03. The van der Waals surface area contributed by atoms with Crippen molar-refractivity contribution in [3.05, 3.63) is 105 Å². The van der Waals surface area contributed by atoms with Crippen LogP contribution in [0.25, 0.3) is 11.7 Å². The van der Waals surface area contributed by atoms with Gasteiger partial charge < -0.3 is 0 Å². The number of hydrogen-bond donors (Lipinski definition) is 0. The zero-order valence-electron chi connectivity index (χ0n) is 16.9. The van der Waals surface area contributed by atoms with E-state index in [1.54, 1.807) is 6.07 Å². The molecule has 0 N–H and O–H groups in total. The van der Waals surface area contributed by atoms with Crippen LogP contribution in [-0.2, 0) is 6.42 Å². The van der Waals surface area contributed by atoms with Gasteiger partial charge in [-0.05, 0) is 62.2 Å². The average molecular weight is 408 g/mol. The molecular formula is C26H20F4. The molecule has 0 amide bonds. The highest BCUT2D eigenvalue weighted by molar-refractivity contribution is 5.83. The molecule has 0 bridgehead atoms. The third-order valence-corrected chi connectivity index (χ3v) is 4.86. The standard InChI is InChI=1S/C26H20F4/c1-4-19-13-21(12-11-20(19)10-9-18-7-5-16(2)6-8-18)25(29)26(30)22-14-23(27)17(3)24(28)15-22/h5-8,11-15H,4H2,1-3H3/b26-25+. The van der Waals surface area contributed by atoms with E-state index in [1.807, 2.05) is 38.1 Å². The number of aryl methyl sites for hydroxylation is 2. The van der Waals surface area contributed by atoms with E-state index < -0.39 is 28.9 Å². The van der Waals surface area contributed by atoms with Gasteiger partial charge in [-0.25, -0.2) is 17.6 Å².